The molecule has 0 aliphatic rings. The van der Waals surface area contributed by atoms with E-state index in [0.717, 1.165) is 5.56 Å². The molecule has 7 nitrogen and oxygen atoms in total. The number of hydrogen-bond acceptors (Lipinski definition) is 8. The van der Waals surface area contributed by atoms with Crippen LogP contribution in [0.2, 0.25) is 5.02 Å². The maximum atomic E-state index is 12.2. The van der Waals surface area contributed by atoms with Gasteiger partial charge in [0.1, 0.15) is 0 Å². The molecule has 2 heterocycles. The third kappa shape index (κ3) is 3.75. The fourth-order valence-electron chi connectivity index (χ4n) is 2.07. The lowest BCUT2D eigenvalue weighted by Crippen LogP contribution is -2.06. The van der Waals surface area contributed by atoms with Gasteiger partial charge in [0.05, 0.1) is 24.8 Å². The van der Waals surface area contributed by atoms with Crippen LogP contribution >= 0.6 is 22.9 Å². The minimum atomic E-state index is -0.599. The Morgan fingerprint density at radius 3 is 2.84 bits per heavy atom. The normalized spacial score (nSPS) is 10.5. The van der Waals surface area contributed by atoms with Crippen molar-refractivity contribution in [3.8, 4) is 22.9 Å². The van der Waals surface area contributed by atoms with Crippen molar-refractivity contribution in [2.75, 3.05) is 14.2 Å². The van der Waals surface area contributed by atoms with Crippen molar-refractivity contribution in [1.82, 2.24) is 10.1 Å². The van der Waals surface area contributed by atoms with Crippen LogP contribution in [0.1, 0.15) is 16.2 Å². The Morgan fingerprint density at radius 1 is 1.32 bits per heavy atom. The predicted octanol–water partition coefficient (Wildman–Crippen LogP) is 3.83. The van der Waals surface area contributed by atoms with Crippen LogP contribution in [0.15, 0.2) is 33.5 Å². The van der Waals surface area contributed by atoms with E-state index in [1.54, 1.807) is 0 Å². The van der Waals surface area contributed by atoms with Crippen LogP contribution in [0.4, 0.5) is 0 Å². The molecule has 0 atom stereocenters. The molecule has 0 aliphatic carbocycles. The maximum Gasteiger partial charge on any atom is 0.338 e. The van der Waals surface area contributed by atoms with Gasteiger partial charge in [-0.05, 0) is 23.6 Å². The van der Waals surface area contributed by atoms with Gasteiger partial charge < -0.3 is 18.7 Å². The van der Waals surface area contributed by atoms with Gasteiger partial charge in [0, 0.05) is 10.9 Å². The number of aromatic nitrogens is 2. The van der Waals surface area contributed by atoms with Crippen molar-refractivity contribution in [2.45, 2.75) is 6.61 Å². The summed E-state index contributed by atoms with van der Waals surface area (Å²) in [5, 5.41) is 7.89. The lowest BCUT2D eigenvalue weighted by atomic mass is 10.2. The summed E-state index contributed by atoms with van der Waals surface area (Å²) < 4.78 is 20.5. The van der Waals surface area contributed by atoms with Gasteiger partial charge in [0.25, 0.3) is 5.89 Å². The quantitative estimate of drug-likeness (QED) is 0.601. The molecule has 0 fully saturated rings. The predicted molar refractivity (Wildman–Crippen MR) is 91.3 cm³/mol. The number of thiophene rings is 1. The fraction of sp³-hybridized carbons (Fsp3) is 0.188. The van der Waals surface area contributed by atoms with Crippen molar-refractivity contribution in [2.24, 2.45) is 0 Å². The van der Waals surface area contributed by atoms with E-state index >= 15 is 0 Å². The van der Waals surface area contributed by atoms with Crippen molar-refractivity contribution in [3.63, 3.8) is 0 Å². The first-order valence-corrected chi connectivity index (χ1v) is 8.38. The van der Waals surface area contributed by atoms with Crippen LogP contribution in [0.3, 0.4) is 0 Å². The van der Waals surface area contributed by atoms with Crippen LogP contribution in [0.25, 0.3) is 11.4 Å². The number of hydrogen-bond donors (Lipinski definition) is 0. The van der Waals surface area contributed by atoms with Crippen LogP contribution in [0.5, 0.6) is 11.5 Å². The Kier molecular flexibility index (Phi) is 5.20. The monoisotopic (exact) mass is 380 g/mol. The molecule has 130 valence electrons. The van der Waals surface area contributed by atoms with Gasteiger partial charge in [0.15, 0.2) is 18.1 Å². The zero-order chi connectivity index (χ0) is 17.8. The molecule has 0 aliphatic heterocycles. The van der Waals surface area contributed by atoms with E-state index < -0.39 is 5.97 Å². The number of benzene rings is 1. The second-order valence-electron chi connectivity index (χ2n) is 4.79. The zero-order valence-corrected chi connectivity index (χ0v) is 14.9. The number of halogens is 1. The van der Waals surface area contributed by atoms with E-state index in [9.17, 15) is 4.79 Å². The Hall–Kier alpha value is -2.58. The molecule has 0 unspecified atom stereocenters. The first-order valence-electron chi connectivity index (χ1n) is 7.06. The Balaban J connectivity index is 1.70. The minimum absolute atomic E-state index is 0.151. The van der Waals surface area contributed by atoms with Crippen LogP contribution < -0.4 is 9.47 Å². The van der Waals surface area contributed by atoms with Crippen molar-refractivity contribution < 1.29 is 23.5 Å². The number of methoxy groups -OCH3 is 2. The molecule has 3 aromatic rings. The summed E-state index contributed by atoms with van der Waals surface area (Å²) in [4.78, 5) is 16.4. The highest BCUT2D eigenvalue weighted by molar-refractivity contribution is 7.08. The Labute approximate surface area is 152 Å². The van der Waals surface area contributed by atoms with Gasteiger partial charge in [-0.15, -0.1) is 0 Å². The highest BCUT2D eigenvalue weighted by atomic mass is 35.5. The number of carbonyl (C=O) groups is 1. The molecular formula is C16H13ClN2O5S. The van der Waals surface area contributed by atoms with E-state index in [1.165, 1.54) is 37.7 Å². The average molecular weight is 381 g/mol. The largest absolute Gasteiger partial charge is 0.493 e. The molecule has 0 radical (unpaired) electrons. The van der Waals surface area contributed by atoms with E-state index in [4.69, 9.17) is 30.3 Å². The number of ether oxygens (including phenoxy) is 3. The molecule has 3 rings (SSSR count). The second kappa shape index (κ2) is 7.54. The van der Waals surface area contributed by atoms with Crippen LogP contribution in [-0.2, 0) is 11.3 Å². The van der Waals surface area contributed by atoms with Crippen molar-refractivity contribution in [1.29, 1.82) is 0 Å². The SMILES string of the molecule is COc1cc(C(=O)OCc2nc(-c3ccsc3)no2)cc(Cl)c1OC. The third-order valence-corrected chi connectivity index (χ3v) is 4.21. The number of carbonyl (C=O) groups excluding carboxylic acids is 1. The summed E-state index contributed by atoms with van der Waals surface area (Å²) in [6.45, 7) is -0.151. The van der Waals surface area contributed by atoms with Crippen molar-refractivity contribution >= 4 is 28.9 Å². The highest BCUT2D eigenvalue weighted by Gasteiger charge is 2.17. The summed E-state index contributed by atoms with van der Waals surface area (Å²) in [5.74, 6) is 0.721. The first kappa shape index (κ1) is 17.2. The van der Waals surface area contributed by atoms with Gasteiger partial charge in [-0.2, -0.15) is 16.3 Å². The van der Waals surface area contributed by atoms with Gasteiger partial charge in [0.2, 0.25) is 5.82 Å². The summed E-state index contributed by atoms with van der Waals surface area (Å²) in [7, 11) is 2.91. The summed E-state index contributed by atoms with van der Waals surface area (Å²) in [5.41, 5.74) is 1.07. The summed E-state index contributed by atoms with van der Waals surface area (Å²) in [6.07, 6.45) is 0. The van der Waals surface area contributed by atoms with Crippen LogP contribution in [0, 0.1) is 0 Å². The number of nitrogens with zero attached hydrogens (tertiary/aromatic N) is 2. The maximum absolute atomic E-state index is 12.2. The topological polar surface area (TPSA) is 83.7 Å². The fourth-order valence-corrected chi connectivity index (χ4v) is 2.99. The Morgan fingerprint density at radius 2 is 2.16 bits per heavy atom. The Bertz CT molecular complexity index is 879. The molecule has 0 saturated carbocycles. The molecule has 0 N–H and O–H groups in total. The molecule has 0 saturated heterocycles. The molecule has 2 aromatic heterocycles. The first-order chi connectivity index (χ1) is 12.1. The summed E-state index contributed by atoms with van der Waals surface area (Å²) >= 11 is 7.61. The average Bonchev–Trinajstić information content (AvgIpc) is 3.29. The second-order valence-corrected chi connectivity index (χ2v) is 5.98. The van der Waals surface area contributed by atoms with Gasteiger partial charge in [-0.25, -0.2) is 4.79 Å². The van der Waals surface area contributed by atoms with E-state index in [-0.39, 0.29) is 23.1 Å². The minimum Gasteiger partial charge on any atom is -0.493 e. The number of esters is 1. The van der Waals surface area contributed by atoms with Gasteiger partial charge in [-0.3, -0.25) is 0 Å². The molecule has 0 bridgehead atoms. The zero-order valence-electron chi connectivity index (χ0n) is 13.3. The summed E-state index contributed by atoms with van der Waals surface area (Å²) in [6, 6.07) is 4.80. The van der Waals surface area contributed by atoms with Gasteiger partial charge >= 0.3 is 5.97 Å². The standard InChI is InChI=1S/C16H13ClN2O5S/c1-21-12-6-10(5-11(17)14(12)22-2)16(20)23-7-13-18-15(19-24-13)9-3-4-25-8-9/h3-6,8H,7H2,1-2H3. The van der Waals surface area contributed by atoms with E-state index in [0.29, 0.717) is 17.3 Å². The molecule has 0 spiro atoms. The molecule has 0 amide bonds. The van der Waals surface area contributed by atoms with E-state index in [1.807, 2.05) is 16.8 Å². The number of rotatable bonds is 6. The van der Waals surface area contributed by atoms with Crippen LogP contribution in [-0.4, -0.2) is 30.3 Å². The van der Waals surface area contributed by atoms with E-state index in [2.05, 4.69) is 10.1 Å². The van der Waals surface area contributed by atoms with Gasteiger partial charge in [-0.1, -0.05) is 16.8 Å². The third-order valence-electron chi connectivity index (χ3n) is 3.24. The lowest BCUT2D eigenvalue weighted by molar-refractivity contribution is 0.0429. The molecule has 9 heteroatoms. The lowest BCUT2D eigenvalue weighted by Gasteiger charge is -2.11. The molecule has 1 aromatic carbocycles. The smallest absolute Gasteiger partial charge is 0.338 e. The highest BCUT2D eigenvalue weighted by Crippen LogP contribution is 2.36. The van der Waals surface area contributed by atoms with Crippen molar-refractivity contribution in [3.05, 3.63) is 45.4 Å². The molecule has 25 heavy (non-hydrogen) atoms. The molecular weight excluding hydrogens is 368 g/mol.